The predicted molar refractivity (Wildman–Crippen MR) is 93.0 cm³/mol. The molecule has 24 heavy (non-hydrogen) atoms. The number of aliphatic hydroxyl groups is 1. The van der Waals surface area contributed by atoms with Crippen molar-refractivity contribution >= 4 is 16.9 Å². The lowest BCUT2D eigenvalue weighted by molar-refractivity contribution is 0.0695. The van der Waals surface area contributed by atoms with Crippen LogP contribution < -0.4 is 0 Å². The van der Waals surface area contributed by atoms with Crippen molar-refractivity contribution < 1.29 is 9.90 Å². The van der Waals surface area contributed by atoms with Crippen LogP contribution in [-0.4, -0.2) is 50.4 Å². The fourth-order valence-corrected chi connectivity index (χ4v) is 3.57. The number of hydrogen-bond acceptors (Lipinski definition) is 4. The first-order valence-electron chi connectivity index (χ1n) is 8.67. The average Bonchev–Trinajstić information content (AvgIpc) is 3.12. The summed E-state index contributed by atoms with van der Waals surface area (Å²) >= 11 is 0. The highest BCUT2D eigenvalue weighted by Crippen LogP contribution is 2.27. The van der Waals surface area contributed by atoms with Crippen LogP contribution in [0, 0.1) is 12.8 Å². The zero-order valence-electron chi connectivity index (χ0n) is 14.9. The maximum Gasteiger partial charge on any atom is 0.254 e. The molecule has 2 aromatic rings. The third-order valence-corrected chi connectivity index (χ3v) is 4.89. The van der Waals surface area contributed by atoms with Crippen molar-refractivity contribution in [2.75, 3.05) is 13.6 Å². The minimum atomic E-state index is -0.289. The van der Waals surface area contributed by atoms with Gasteiger partial charge in [-0.15, -0.1) is 0 Å². The van der Waals surface area contributed by atoms with Crippen molar-refractivity contribution in [3.05, 3.63) is 23.5 Å². The van der Waals surface area contributed by atoms with Crippen molar-refractivity contribution in [2.24, 2.45) is 5.92 Å². The van der Waals surface area contributed by atoms with Crippen molar-refractivity contribution in [3.8, 4) is 0 Å². The molecule has 1 aliphatic rings. The molecule has 6 nitrogen and oxygen atoms in total. The molecule has 1 aliphatic carbocycles. The summed E-state index contributed by atoms with van der Waals surface area (Å²) in [5, 5.41) is 15.2. The molecule has 6 heteroatoms. The van der Waals surface area contributed by atoms with Gasteiger partial charge in [0.25, 0.3) is 5.91 Å². The molecule has 2 atom stereocenters. The van der Waals surface area contributed by atoms with E-state index in [1.54, 1.807) is 11.1 Å². The van der Waals surface area contributed by atoms with Crippen LogP contribution in [0.15, 0.2) is 12.3 Å². The van der Waals surface area contributed by atoms with E-state index in [0.717, 1.165) is 36.0 Å². The Bertz CT molecular complexity index is 753. The number of rotatable bonds is 4. The summed E-state index contributed by atoms with van der Waals surface area (Å²) < 4.78 is 1.85. The standard InChI is InChI=1S/C18H26N4O2/c1-11(2)22-17-15(9-19-22)14(8-12(3)20-17)18(24)21(4)10-13-6-5-7-16(13)23/h8-9,11,13,16,23H,5-7,10H2,1-4H3. The van der Waals surface area contributed by atoms with Crippen LogP contribution in [0.25, 0.3) is 11.0 Å². The Morgan fingerprint density at radius 2 is 2.21 bits per heavy atom. The van der Waals surface area contributed by atoms with Gasteiger partial charge >= 0.3 is 0 Å². The second-order valence-corrected chi connectivity index (χ2v) is 7.18. The van der Waals surface area contributed by atoms with Gasteiger partial charge in [0.15, 0.2) is 5.65 Å². The lowest BCUT2D eigenvalue weighted by Gasteiger charge is -2.23. The first kappa shape index (κ1) is 16.9. The Morgan fingerprint density at radius 1 is 1.46 bits per heavy atom. The number of aryl methyl sites for hydroxylation is 1. The number of pyridine rings is 1. The van der Waals surface area contributed by atoms with Crippen molar-refractivity contribution in [3.63, 3.8) is 0 Å². The summed E-state index contributed by atoms with van der Waals surface area (Å²) in [5.74, 6) is 0.142. The van der Waals surface area contributed by atoms with Crippen LogP contribution in [0.5, 0.6) is 0 Å². The molecule has 1 N–H and O–H groups in total. The number of hydrogen-bond donors (Lipinski definition) is 1. The molecule has 0 radical (unpaired) electrons. The van der Waals surface area contributed by atoms with E-state index in [0.29, 0.717) is 12.1 Å². The number of aromatic nitrogens is 3. The minimum absolute atomic E-state index is 0.0343. The molecule has 130 valence electrons. The van der Waals surface area contributed by atoms with E-state index in [2.05, 4.69) is 10.1 Å². The van der Waals surface area contributed by atoms with Gasteiger partial charge in [0.05, 0.1) is 23.3 Å². The van der Waals surface area contributed by atoms with E-state index in [1.807, 2.05) is 38.6 Å². The fraction of sp³-hybridized carbons (Fsp3) is 0.611. The Balaban J connectivity index is 1.91. The van der Waals surface area contributed by atoms with Crippen molar-refractivity contribution in [1.29, 1.82) is 0 Å². The predicted octanol–water partition coefficient (Wildman–Crippen LogP) is 2.55. The summed E-state index contributed by atoms with van der Waals surface area (Å²) in [7, 11) is 1.81. The van der Waals surface area contributed by atoms with Crippen LogP contribution in [0.1, 0.15) is 55.2 Å². The van der Waals surface area contributed by atoms with Gasteiger partial charge in [0.2, 0.25) is 0 Å². The molecule has 2 aromatic heterocycles. The SMILES string of the molecule is Cc1cc(C(=O)N(C)CC2CCCC2O)c2cnn(C(C)C)c2n1. The van der Waals surface area contributed by atoms with Gasteiger partial charge in [-0.25, -0.2) is 9.67 Å². The van der Waals surface area contributed by atoms with E-state index >= 15 is 0 Å². The topological polar surface area (TPSA) is 71.2 Å². The number of carbonyl (C=O) groups is 1. The van der Waals surface area contributed by atoms with Crippen LogP contribution in [0.3, 0.4) is 0 Å². The molecular formula is C18H26N4O2. The maximum atomic E-state index is 13.0. The summed E-state index contributed by atoms with van der Waals surface area (Å²) in [5.41, 5.74) is 2.20. The summed E-state index contributed by atoms with van der Waals surface area (Å²) in [4.78, 5) is 19.3. The molecule has 1 amide bonds. The number of carbonyl (C=O) groups excluding carboxylic acids is 1. The lowest BCUT2D eigenvalue weighted by Crippen LogP contribution is -2.34. The largest absolute Gasteiger partial charge is 0.393 e. The maximum absolute atomic E-state index is 13.0. The van der Waals surface area contributed by atoms with E-state index in [9.17, 15) is 9.90 Å². The molecule has 1 saturated carbocycles. The second-order valence-electron chi connectivity index (χ2n) is 7.18. The molecule has 0 aliphatic heterocycles. The van der Waals surface area contributed by atoms with Gasteiger partial charge in [0, 0.05) is 31.2 Å². The van der Waals surface area contributed by atoms with Crippen LogP contribution in [-0.2, 0) is 0 Å². The van der Waals surface area contributed by atoms with Gasteiger partial charge in [-0.3, -0.25) is 4.79 Å². The molecule has 3 rings (SSSR count). The minimum Gasteiger partial charge on any atom is -0.393 e. The Morgan fingerprint density at radius 3 is 2.83 bits per heavy atom. The zero-order valence-corrected chi connectivity index (χ0v) is 14.9. The number of fused-ring (bicyclic) bond motifs is 1. The highest BCUT2D eigenvalue weighted by Gasteiger charge is 2.28. The molecule has 2 heterocycles. The van der Waals surface area contributed by atoms with Crippen molar-refractivity contribution in [2.45, 2.75) is 52.2 Å². The van der Waals surface area contributed by atoms with Crippen LogP contribution in [0.4, 0.5) is 0 Å². The van der Waals surface area contributed by atoms with E-state index in [-0.39, 0.29) is 24.0 Å². The quantitative estimate of drug-likeness (QED) is 0.935. The molecule has 1 fully saturated rings. The van der Waals surface area contributed by atoms with Gasteiger partial charge in [-0.2, -0.15) is 5.10 Å². The van der Waals surface area contributed by atoms with Gasteiger partial charge in [-0.1, -0.05) is 6.42 Å². The highest BCUT2D eigenvalue weighted by atomic mass is 16.3. The van der Waals surface area contributed by atoms with Crippen LogP contribution >= 0.6 is 0 Å². The molecular weight excluding hydrogens is 304 g/mol. The Kier molecular flexibility index (Phi) is 4.58. The van der Waals surface area contributed by atoms with E-state index in [1.165, 1.54) is 0 Å². The summed E-state index contributed by atoms with van der Waals surface area (Å²) in [6, 6.07) is 2.02. The summed E-state index contributed by atoms with van der Waals surface area (Å²) in [6.07, 6.45) is 4.30. The molecule has 0 bridgehead atoms. The van der Waals surface area contributed by atoms with Crippen LogP contribution in [0.2, 0.25) is 0 Å². The monoisotopic (exact) mass is 330 g/mol. The highest BCUT2D eigenvalue weighted by molar-refractivity contribution is 6.05. The first-order chi connectivity index (χ1) is 11.4. The van der Waals surface area contributed by atoms with Gasteiger partial charge in [0.1, 0.15) is 0 Å². The molecule has 0 aromatic carbocycles. The third kappa shape index (κ3) is 3.02. The second kappa shape index (κ2) is 6.51. The van der Waals surface area contributed by atoms with E-state index in [4.69, 9.17) is 0 Å². The number of nitrogens with zero attached hydrogens (tertiary/aromatic N) is 4. The van der Waals surface area contributed by atoms with Crippen molar-refractivity contribution in [1.82, 2.24) is 19.7 Å². The zero-order chi connectivity index (χ0) is 17.4. The smallest absolute Gasteiger partial charge is 0.254 e. The number of aliphatic hydroxyl groups excluding tert-OH is 1. The molecule has 0 saturated heterocycles. The lowest BCUT2D eigenvalue weighted by atomic mass is 10.0. The van der Waals surface area contributed by atoms with Gasteiger partial charge < -0.3 is 10.0 Å². The molecule has 2 unspecified atom stereocenters. The molecule has 0 spiro atoms. The summed E-state index contributed by atoms with van der Waals surface area (Å²) in [6.45, 7) is 6.58. The number of amides is 1. The fourth-order valence-electron chi connectivity index (χ4n) is 3.57. The normalized spacial score (nSPS) is 20.9. The van der Waals surface area contributed by atoms with E-state index < -0.39 is 0 Å². The Hall–Kier alpha value is -1.95. The average molecular weight is 330 g/mol. The first-order valence-corrected chi connectivity index (χ1v) is 8.67. The van der Waals surface area contributed by atoms with Gasteiger partial charge in [-0.05, 0) is 39.7 Å². The Labute approximate surface area is 142 Å². The third-order valence-electron chi connectivity index (χ3n) is 4.89.